The summed E-state index contributed by atoms with van der Waals surface area (Å²) in [7, 11) is 1.74. The fourth-order valence-corrected chi connectivity index (χ4v) is 4.47. The van der Waals surface area contributed by atoms with Crippen molar-refractivity contribution in [1.29, 1.82) is 0 Å². The zero-order chi connectivity index (χ0) is 20.8. The molecule has 30 heavy (non-hydrogen) atoms. The van der Waals surface area contributed by atoms with Crippen molar-refractivity contribution < 1.29 is 14.3 Å². The van der Waals surface area contributed by atoms with Crippen LogP contribution in [0, 0.1) is 0 Å². The van der Waals surface area contributed by atoms with E-state index in [4.69, 9.17) is 14.5 Å². The van der Waals surface area contributed by atoms with E-state index in [0.717, 1.165) is 42.5 Å². The summed E-state index contributed by atoms with van der Waals surface area (Å²) in [5.41, 5.74) is 1.26. The van der Waals surface area contributed by atoms with Crippen LogP contribution in [0.25, 0.3) is 10.9 Å². The van der Waals surface area contributed by atoms with Crippen molar-refractivity contribution in [2.75, 3.05) is 46.4 Å². The van der Waals surface area contributed by atoms with Gasteiger partial charge in [0.1, 0.15) is 17.0 Å². The molecule has 6 nitrogen and oxygen atoms in total. The Morgan fingerprint density at radius 3 is 2.63 bits per heavy atom. The molecular formula is C24H33N3O3. The van der Waals surface area contributed by atoms with Gasteiger partial charge in [0, 0.05) is 32.1 Å². The number of fused-ring (bicyclic) bond motifs is 1. The van der Waals surface area contributed by atoms with Crippen LogP contribution in [0.3, 0.4) is 0 Å². The molecule has 0 N–H and O–H groups in total. The Hall–Kier alpha value is -2.18. The maximum Gasteiger partial charge on any atom is 0.272 e. The summed E-state index contributed by atoms with van der Waals surface area (Å²) in [6, 6.07) is 9.75. The number of piperidine rings is 2. The number of rotatable bonds is 7. The van der Waals surface area contributed by atoms with Crippen LogP contribution >= 0.6 is 0 Å². The number of aromatic nitrogens is 1. The molecule has 2 fully saturated rings. The first-order chi connectivity index (χ1) is 14.7. The van der Waals surface area contributed by atoms with E-state index in [0.29, 0.717) is 25.4 Å². The molecule has 2 aromatic rings. The number of carbonyl (C=O) groups is 1. The minimum Gasteiger partial charge on any atom is -0.491 e. The quantitative estimate of drug-likeness (QED) is 0.650. The Balaban J connectivity index is 1.39. The van der Waals surface area contributed by atoms with Crippen LogP contribution in [0.2, 0.25) is 0 Å². The Bertz CT molecular complexity index is 843. The lowest BCUT2D eigenvalue weighted by atomic mass is 10.1. The smallest absolute Gasteiger partial charge is 0.272 e. The van der Waals surface area contributed by atoms with Crippen LogP contribution in [0.5, 0.6) is 5.75 Å². The second-order valence-electron chi connectivity index (χ2n) is 8.36. The highest BCUT2D eigenvalue weighted by Gasteiger charge is 2.24. The maximum absolute atomic E-state index is 13.0. The standard InChI is InChI=1S/C24H33N3O3/c1-29-20-11-16-27(17-12-20)24(28)21-10-9-19-7-5-8-22(23(19)25-21)30-18-6-15-26-13-3-2-4-14-26/h5,7-10,20H,2-4,6,11-18H2,1H3. The summed E-state index contributed by atoms with van der Waals surface area (Å²) in [5, 5.41) is 0.998. The van der Waals surface area contributed by atoms with E-state index < -0.39 is 0 Å². The number of likely N-dealkylation sites (tertiary alicyclic amines) is 2. The number of carbonyl (C=O) groups excluding carboxylic acids is 1. The highest BCUT2D eigenvalue weighted by atomic mass is 16.5. The van der Waals surface area contributed by atoms with Crippen molar-refractivity contribution in [3.63, 3.8) is 0 Å². The van der Waals surface area contributed by atoms with Gasteiger partial charge in [-0.15, -0.1) is 0 Å². The summed E-state index contributed by atoms with van der Waals surface area (Å²) in [6.45, 7) is 5.60. The average molecular weight is 412 g/mol. The topological polar surface area (TPSA) is 54.9 Å². The predicted octanol–water partition coefficient (Wildman–Crippen LogP) is 3.74. The van der Waals surface area contributed by atoms with Gasteiger partial charge in [0.25, 0.3) is 5.91 Å². The molecule has 1 aromatic heterocycles. The van der Waals surface area contributed by atoms with Gasteiger partial charge >= 0.3 is 0 Å². The van der Waals surface area contributed by atoms with Gasteiger partial charge in [0.15, 0.2) is 0 Å². The number of ether oxygens (including phenoxy) is 2. The lowest BCUT2D eigenvalue weighted by Crippen LogP contribution is -2.40. The highest BCUT2D eigenvalue weighted by Crippen LogP contribution is 2.25. The molecule has 1 aromatic carbocycles. The number of amides is 1. The second kappa shape index (κ2) is 10.2. The van der Waals surface area contributed by atoms with Crippen molar-refractivity contribution in [3.05, 3.63) is 36.0 Å². The zero-order valence-corrected chi connectivity index (χ0v) is 18.0. The molecule has 0 atom stereocenters. The first-order valence-electron chi connectivity index (χ1n) is 11.3. The first kappa shape index (κ1) is 21.1. The van der Waals surface area contributed by atoms with Crippen LogP contribution in [-0.4, -0.2) is 73.2 Å². The van der Waals surface area contributed by atoms with Gasteiger partial charge in [-0.25, -0.2) is 4.98 Å². The fraction of sp³-hybridized carbons (Fsp3) is 0.583. The highest BCUT2D eigenvalue weighted by molar-refractivity contribution is 5.96. The minimum absolute atomic E-state index is 0.00800. The third-order valence-electron chi connectivity index (χ3n) is 6.29. The number of pyridine rings is 1. The zero-order valence-electron chi connectivity index (χ0n) is 18.0. The number of hydrogen-bond acceptors (Lipinski definition) is 5. The molecule has 2 aliphatic rings. The second-order valence-corrected chi connectivity index (χ2v) is 8.36. The minimum atomic E-state index is -0.00800. The van der Waals surface area contributed by atoms with E-state index in [1.807, 2.05) is 35.2 Å². The van der Waals surface area contributed by atoms with Gasteiger partial charge in [-0.3, -0.25) is 4.79 Å². The molecule has 2 saturated heterocycles. The van der Waals surface area contributed by atoms with Crippen molar-refractivity contribution in [1.82, 2.24) is 14.8 Å². The lowest BCUT2D eigenvalue weighted by Gasteiger charge is -2.31. The Kier molecular flexibility index (Phi) is 7.18. The molecule has 0 unspecified atom stereocenters. The molecule has 6 heteroatoms. The van der Waals surface area contributed by atoms with Gasteiger partial charge in [-0.2, -0.15) is 0 Å². The number of benzene rings is 1. The normalized spacial score (nSPS) is 18.6. The summed E-state index contributed by atoms with van der Waals surface area (Å²) < 4.78 is 11.5. The number of para-hydroxylation sites is 1. The Labute approximate surface area is 179 Å². The van der Waals surface area contributed by atoms with Crippen molar-refractivity contribution >= 4 is 16.8 Å². The van der Waals surface area contributed by atoms with Gasteiger partial charge in [-0.05, 0) is 57.3 Å². The van der Waals surface area contributed by atoms with E-state index >= 15 is 0 Å². The Morgan fingerprint density at radius 1 is 1.07 bits per heavy atom. The maximum atomic E-state index is 13.0. The third kappa shape index (κ3) is 5.10. The number of methoxy groups -OCH3 is 1. The molecule has 4 rings (SSSR count). The monoisotopic (exact) mass is 411 g/mol. The van der Waals surface area contributed by atoms with Crippen LogP contribution in [0.1, 0.15) is 49.0 Å². The molecule has 3 heterocycles. The van der Waals surface area contributed by atoms with E-state index in [9.17, 15) is 4.79 Å². The summed E-state index contributed by atoms with van der Waals surface area (Å²) in [6.07, 6.45) is 7.00. The summed E-state index contributed by atoms with van der Waals surface area (Å²) in [5.74, 6) is 0.755. The first-order valence-corrected chi connectivity index (χ1v) is 11.3. The van der Waals surface area contributed by atoms with E-state index in [2.05, 4.69) is 4.90 Å². The molecule has 2 aliphatic heterocycles. The Morgan fingerprint density at radius 2 is 1.87 bits per heavy atom. The summed E-state index contributed by atoms with van der Waals surface area (Å²) >= 11 is 0. The third-order valence-corrected chi connectivity index (χ3v) is 6.29. The molecular weight excluding hydrogens is 378 g/mol. The molecule has 0 saturated carbocycles. The summed E-state index contributed by atoms with van der Waals surface area (Å²) in [4.78, 5) is 22.1. The van der Waals surface area contributed by atoms with E-state index in [1.54, 1.807) is 7.11 Å². The number of nitrogens with zero attached hydrogens (tertiary/aromatic N) is 3. The molecule has 1 amide bonds. The molecule has 0 spiro atoms. The van der Waals surface area contributed by atoms with Crippen LogP contribution in [0.15, 0.2) is 30.3 Å². The largest absolute Gasteiger partial charge is 0.491 e. The average Bonchev–Trinajstić information content (AvgIpc) is 2.82. The van der Waals surface area contributed by atoms with Gasteiger partial charge in [0.2, 0.25) is 0 Å². The van der Waals surface area contributed by atoms with Gasteiger partial charge in [-0.1, -0.05) is 24.6 Å². The molecule has 0 aliphatic carbocycles. The van der Waals surface area contributed by atoms with Crippen LogP contribution < -0.4 is 4.74 Å². The van der Waals surface area contributed by atoms with Crippen molar-refractivity contribution in [2.24, 2.45) is 0 Å². The van der Waals surface area contributed by atoms with Gasteiger partial charge < -0.3 is 19.3 Å². The van der Waals surface area contributed by atoms with Gasteiger partial charge in [0.05, 0.1) is 12.7 Å². The van der Waals surface area contributed by atoms with Crippen LogP contribution in [-0.2, 0) is 4.74 Å². The fourth-order valence-electron chi connectivity index (χ4n) is 4.47. The number of hydrogen-bond donors (Lipinski definition) is 0. The van der Waals surface area contributed by atoms with E-state index in [1.165, 1.54) is 32.4 Å². The van der Waals surface area contributed by atoms with Crippen LogP contribution in [0.4, 0.5) is 0 Å². The lowest BCUT2D eigenvalue weighted by molar-refractivity contribution is 0.0348. The van der Waals surface area contributed by atoms with Crippen molar-refractivity contribution in [3.8, 4) is 5.75 Å². The predicted molar refractivity (Wildman–Crippen MR) is 118 cm³/mol. The van der Waals surface area contributed by atoms with Crippen molar-refractivity contribution in [2.45, 2.75) is 44.6 Å². The SMILES string of the molecule is COC1CCN(C(=O)c2ccc3cccc(OCCCN4CCCCC4)c3n2)CC1. The molecule has 162 valence electrons. The molecule has 0 radical (unpaired) electrons. The molecule has 0 bridgehead atoms. The van der Waals surface area contributed by atoms with E-state index in [-0.39, 0.29) is 12.0 Å².